The Kier molecular flexibility index (Phi) is 3.76. The van der Waals surface area contributed by atoms with Gasteiger partial charge >= 0.3 is 0 Å². The lowest BCUT2D eigenvalue weighted by molar-refractivity contribution is 0.692. The Hall–Kier alpha value is -0.680. The fraction of sp³-hybridized carbons (Fsp3) is 0.200. The first-order chi connectivity index (χ1) is 7.68. The summed E-state index contributed by atoms with van der Waals surface area (Å²) in [5, 5.41) is 7.02. The van der Waals surface area contributed by atoms with Crippen molar-refractivity contribution in [3.8, 4) is 0 Å². The molecule has 3 nitrogen and oxygen atoms in total. The zero-order chi connectivity index (χ0) is 11.5. The first-order valence-corrected chi connectivity index (χ1v) is 6.23. The molecule has 0 spiro atoms. The largest absolute Gasteiger partial charge is 0.322 e. The van der Waals surface area contributed by atoms with Gasteiger partial charge in [0.2, 0.25) is 0 Å². The molecule has 1 aromatic carbocycles. The van der Waals surface area contributed by atoms with Crippen molar-refractivity contribution < 1.29 is 0 Å². The van der Waals surface area contributed by atoms with E-state index in [1.165, 1.54) is 11.5 Å². The number of rotatable bonds is 3. The van der Waals surface area contributed by atoms with Crippen LogP contribution >= 0.6 is 34.7 Å². The van der Waals surface area contributed by atoms with Gasteiger partial charge in [-0.3, -0.25) is 0 Å². The van der Waals surface area contributed by atoms with Crippen LogP contribution < -0.4 is 5.73 Å². The highest BCUT2D eigenvalue weighted by molar-refractivity contribution is 7.03. The van der Waals surface area contributed by atoms with Crippen LogP contribution in [-0.2, 0) is 6.42 Å². The molecule has 1 atom stereocenters. The molecule has 0 bridgehead atoms. The van der Waals surface area contributed by atoms with Gasteiger partial charge in [0.1, 0.15) is 0 Å². The molecule has 0 saturated carbocycles. The summed E-state index contributed by atoms with van der Waals surface area (Å²) in [6.45, 7) is 0. The van der Waals surface area contributed by atoms with Crippen LogP contribution in [0.25, 0.3) is 0 Å². The smallest absolute Gasteiger partial charge is 0.0925 e. The molecule has 0 aliphatic rings. The highest BCUT2D eigenvalue weighted by Gasteiger charge is 2.14. The summed E-state index contributed by atoms with van der Waals surface area (Å²) < 4.78 is 3.78. The summed E-state index contributed by atoms with van der Waals surface area (Å²) in [5.41, 5.74) is 7.61. The second kappa shape index (κ2) is 5.10. The van der Waals surface area contributed by atoms with Crippen LogP contribution in [-0.4, -0.2) is 9.59 Å². The molecule has 0 aliphatic carbocycles. The molecule has 2 N–H and O–H groups in total. The van der Waals surface area contributed by atoms with Gasteiger partial charge in [-0.05, 0) is 35.6 Å². The number of hydrogen-bond donors (Lipinski definition) is 1. The topological polar surface area (TPSA) is 51.8 Å². The second-order valence-corrected chi connectivity index (χ2v) is 4.76. The van der Waals surface area contributed by atoms with Crippen molar-refractivity contribution in [1.29, 1.82) is 0 Å². The molecule has 6 heteroatoms. The quantitative estimate of drug-likeness (QED) is 0.935. The van der Waals surface area contributed by atoms with E-state index < -0.39 is 0 Å². The van der Waals surface area contributed by atoms with Crippen molar-refractivity contribution in [2.75, 3.05) is 0 Å². The third kappa shape index (κ3) is 2.52. The van der Waals surface area contributed by atoms with Crippen molar-refractivity contribution in [1.82, 2.24) is 9.59 Å². The van der Waals surface area contributed by atoms with Crippen molar-refractivity contribution in [3.63, 3.8) is 0 Å². The summed E-state index contributed by atoms with van der Waals surface area (Å²) in [6, 6.07) is 5.18. The van der Waals surface area contributed by atoms with E-state index in [1.807, 2.05) is 11.4 Å². The van der Waals surface area contributed by atoms with Gasteiger partial charge < -0.3 is 5.73 Å². The molecule has 0 amide bonds. The Bertz CT molecular complexity index is 453. The van der Waals surface area contributed by atoms with E-state index in [0.717, 1.165) is 11.3 Å². The van der Waals surface area contributed by atoms with Gasteiger partial charge in [0.05, 0.1) is 11.7 Å². The fourth-order valence-corrected chi connectivity index (χ4v) is 2.46. The lowest BCUT2D eigenvalue weighted by Crippen LogP contribution is -2.14. The maximum absolute atomic E-state index is 6.06. The second-order valence-electron chi connectivity index (χ2n) is 3.34. The third-order valence-electron chi connectivity index (χ3n) is 2.24. The van der Waals surface area contributed by atoms with Crippen LogP contribution in [0.1, 0.15) is 17.3 Å². The van der Waals surface area contributed by atoms with Crippen LogP contribution in [0.5, 0.6) is 0 Å². The van der Waals surface area contributed by atoms with E-state index >= 15 is 0 Å². The average molecular weight is 274 g/mol. The van der Waals surface area contributed by atoms with E-state index in [2.05, 4.69) is 9.59 Å². The number of nitrogens with two attached hydrogens (primary N) is 1. The monoisotopic (exact) mass is 273 g/mol. The Morgan fingerprint density at radius 3 is 2.56 bits per heavy atom. The molecule has 2 aromatic rings. The Morgan fingerprint density at radius 1 is 1.31 bits per heavy atom. The number of halogens is 2. The summed E-state index contributed by atoms with van der Waals surface area (Å²) in [6.07, 6.45) is 0.559. The van der Waals surface area contributed by atoms with Crippen molar-refractivity contribution in [3.05, 3.63) is 44.9 Å². The predicted octanol–water partition coefficient (Wildman–Crippen LogP) is 3.09. The Morgan fingerprint density at radius 2 is 2.00 bits per heavy atom. The van der Waals surface area contributed by atoms with Crippen molar-refractivity contribution >= 4 is 34.7 Å². The van der Waals surface area contributed by atoms with E-state index in [-0.39, 0.29) is 6.04 Å². The summed E-state index contributed by atoms with van der Waals surface area (Å²) in [4.78, 5) is 0. The molecule has 0 aliphatic heterocycles. The highest BCUT2D eigenvalue weighted by Crippen LogP contribution is 2.28. The molecular formula is C10H9Cl2N3S. The molecule has 0 fully saturated rings. The van der Waals surface area contributed by atoms with Crippen molar-refractivity contribution in [2.24, 2.45) is 5.73 Å². The van der Waals surface area contributed by atoms with Crippen molar-refractivity contribution in [2.45, 2.75) is 12.5 Å². The number of benzene rings is 1. The normalized spacial score (nSPS) is 12.7. The molecule has 0 saturated heterocycles. The summed E-state index contributed by atoms with van der Waals surface area (Å²) in [5.74, 6) is 0. The van der Waals surface area contributed by atoms with Gasteiger partial charge in [0.25, 0.3) is 0 Å². The van der Waals surface area contributed by atoms with Crippen LogP contribution in [0, 0.1) is 0 Å². The molecule has 1 unspecified atom stereocenters. The standard InChI is InChI=1S/C10H9Cl2N3S/c11-7-2-1-3-8(12)6(7)4-9(13)10-5-16-15-14-10/h1-3,5,9H,4,13H2. The van der Waals surface area contributed by atoms with Gasteiger partial charge in [0, 0.05) is 15.4 Å². The molecule has 2 rings (SSSR count). The maximum Gasteiger partial charge on any atom is 0.0925 e. The minimum absolute atomic E-state index is 0.226. The number of nitrogens with zero attached hydrogens (tertiary/aromatic N) is 2. The maximum atomic E-state index is 6.06. The molecular weight excluding hydrogens is 265 g/mol. The minimum Gasteiger partial charge on any atom is -0.322 e. The van der Waals surface area contributed by atoms with Crippen LogP contribution in [0.15, 0.2) is 23.6 Å². The lowest BCUT2D eigenvalue weighted by atomic mass is 10.0. The molecule has 1 heterocycles. The van der Waals surface area contributed by atoms with Crippen LogP contribution in [0.4, 0.5) is 0 Å². The van der Waals surface area contributed by atoms with Gasteiger partial charge in [-0.2, -0.15) is 0 Å². The van der Waals surface area contributed by atoms with Crippen LogP contribution in [0.3, 0.4) is 0 Å². The lowest BCUT2D eigenvalue weighted by Gasteiger charge is -2.11. The molecule has 84 valence electrons. The van der Waals surface area contributed by atoms with E-state index in [1.54, 1.807) is 12.1 Å². The van der Waals surface area contributed by atoms with Gasteiger partial charge in [-0.25, -0.2) is 0 Å². The summed E-state index contributed by atoms with van der Waals surface area (Å²) in [7, 11) is 0. The third-order valence-corrected chi connectivity index (χ3v) is 3.47. The average Bonchev–Trinajstić information content (AvgIpc) is 2.76. The molecule has 16 heavy (non-hydrogen) atoms. The number of aromatic nitrogens is 2. The fourth-order valence-electron chi connectivity index (χ4n) is 1.39. The predicted molar refractivity (Wildman–Crippen MR) is 67.0 cm³/mol. The van der Waals surface area contributed by atoms with E-state index in [4.69, 9.17) is 28.9 Å². The zero-order valence-corrected chi connectivity index (χ0v) is 10.6. The van der Waals surface area contributed by atoms with E-state index in [9.17, 15) is 0 Å². The zero-order valence-electron chi connectivity index (χ0n) is 8.23. The molecule has 1 aromatic heterocycles. The van der Waals surface area contributed by atoms with Gasteiger partial charge in [0.15, 0.2) is 0 Å². The van der Waals surface area contributed by atoms with E-state index in [0.29, 0.717) is 16.5 Å². The SMILES string of the molecule is NC(Cc1c(Cl)cccc1Cl)c1csnn1. The van der Waals surface area contributed by atoms with Crippen LogP contribution in [0.2, 0.25) is 10.0 Å². The Balaban J connectivity index is 2.21. The van der Waals surface area contributed by atoms with Gasteiger partial charge in [-0.15, -0.1) is 5.10 Å². The summed E-state index contributed by atoms with van der Waals surface area (Å²) >= 11 is 13.4. The first kappa shape index (κ1) is 11.8. The Labute approximate surface area is 107 Å². The first-order valence-electron chi connectivity index (χ1n) is 4.64. The minimum atomic E-state index is -0.226. The highest BCUT2D eigenvalue weighted by atomic mass is 35.5. The molecule has 0 radical (unpaired) electrons. The number of hydrogen-bond acceptors (Lipinski definition) is 4. The van der Waals surface area contributed by atoms with Gasteiger partial charge in [-0.1, -0.05) is 33.8 Å².